The molecule has 0 atom stereocenters. The maximum atomic E-state index is 13.4. The zero-order chi connectivity index (χ0) is 28.3. The van der Waals surface area contributed by atoms with Crippen molar-refractivity contribution >= 4 is 46.4 Å². The number of Topliss-reactive ketones (excluding diaryl/α,β-unsaturated/α-hetero) is 1. The van der Waals surface area contributed by atoms with Crippen LogP contribution >= 0.6 is 22.9 Å². The number of halogens is 1. The molecule has 0 aliphatic rings. The molecular formula is C27H26ClN5O5S. The topological polar surface area (TPSA) is 125 Å². The molecule has 12 heteroatoms. The summed E-state index contributed by atoms with van der Waals surface area (Å²) in [7, 11) is 1.09. The Bertz CT molecular complexity index is 1600. The Morgan fingerprint density at radius 1 is 1.08 bits per heavy atom. The van der Waals surface area contributed by atoms with Gasteiger partial charge < -0.3 is 10.1 Å². The zero-order valence-electron chi connectivity index (χ0n) is 21.7. The molecule has 0 saturated carbocycles. The Morgan fingerprint density at radius 2 is 1.79 bits per heavy atom. The van der Waals surface area contributed by atoms with Crippen molar-refractivity contribution in [1.82, 2.24) is 19.3 Å². The number of methoxy groups -OCH3 is 1. The summed E-state index contributed by atoms with van der Waals surface area (Å²) >= 11 is 7.47. The van der Waals surface area contributed by atoms with Crippen LogP contribution in [0.4, 0.5) is 5.82 Å². The Labute approximate surface area is 233 Å². The largest absolute Gasteiger partial charge is 0.463 e. The van der Waals surface area contributed by atoms with Crippen LogP contribution in [-0.4, -0.2) is 44.1 Å². The summed E-state index contributed by atoms with van der Waals surface area (Å²) in [5, 5.41) is 7.84. The van der Waals surface area contributed by atoms with E-state index in [0.29, 0.717) is 27.8 Å². The number of hydrogen-bond acceptors (Lipinski definition) is 9. The van der Waals surface area contributed by atoms with Crippen molar-refractivity contribution in [2.24, 2.45) is 5.41 Å². The summed E-state index contributed by atoms with van der Waals surface area (Å²) in [6.45, 7) is 5.12. The molecule has 0 saturated heterocycles. The van der Waals surface area contributed by atoms with E-state index in [2.05, 4.69) is 20.1 Å². The lowest BCUT2D eigenvalue weighted by atomic mass is 9.96. The van der Waals surface area contributed by atoms with Gasteiger partial charge in [0.1, 0.15) is 11.5 Å². The van der Waals surface area contributed by atoms with Crippen LogP contribution in [0, 0.1) is 5.41 Å². The van der Waals surface area contributed by atoms with Gasteiger partial charge in [0.15, 0.2) is 0 Å². The summed E-state index contributed by atoms with van der Waals surface area (Å²) in [5.74, 6) is -1.89. The van der Waals surface area contributed by atoms with Crippen molar-refractivity contribution < 1.29 is 19.1 Å². The second-order valence-electron chi connectivity index (χ2n) is 9.61. The van der Waals surface area contributed by atoms with Crippen LogP contribution in [0.15, 0.2) is 59.7 Å². The Morgan fingerprint density at radius 3 is 2.41 bits per heavy atom. The maximum Gasteiger partial charge on any atom is 0.376 e. The molecule has 4 aromatic heterocycles. The molecule has 1 N–H and O–H groups in total. The zero-order valence-corrected chi connectivity index (χ0v) is 23.3. The quantitative estimate of drug-likeness (QED) is 0.243. The molecule has 10 nitrogen and oxygen atoms in total. The molecule has 0 aromatic carbocycles. The highest BCUT2D eigenvalue weighted by atomic mass is 35.5. The minimum atomic E-state index is -1.08. The third kappa shape index (κ3) is 6.15. The van der Waals surface area contributed by atoms with E-state index in [9.17, 15) is 19.2 Å². The van der Waals surface area contributed by atoms with E-state index in [0.717, 1.165) is 16.6 Å². The molecule has 0 aliphatic carbocycles. The molecular weight excluding hydrogens is 542 g/mol. The average molecular weight is 568 g/mol. The van der Waals surface area contributed by atoms with Crippen LogP contribution in [0.5, 0.6) is 0 Å². The first kappa shape index (κ1) is 27.9. The predicted molar refractivity (Wildman–Crippen MR) is 149 cm³/mol. The SMILES string of the molecule is COC(=O)C(=O)Cn1c(-c2cc(NCc3ccc(Cl)s3)n(C(=O)C(C)(C)C)n2)c(-c2ccncc2)ccc1=O. The van der Waals surface area contributed by atoms with Gasteiger partial charge in [-0.15, -0.1) is 11.3 Å². The number of hydrogen-bond donors (Lipinski definition) is 1. The number of anilines is 1. The normalized spacial score (nSPS) is 11.3. The highest BCUT2D eigenvalue weighted by molar-refractivity contribution is 7.16. The number of ketones is 1. The lowest BCUT2D eigenvalue weighted by Gasteiger charge is -2.18. The van der Waals surface area contributed by atoms with Gasteiger partial charge in [0.25, 0.3) is 17.2 Å². The Hall–Kier alpha value is -4.09. The predicted octanol–water partition coefficient (Wildman–Crippen LogP) is 4.53. The number of thiophene rings is 1. The lowest BCUT2D eigenvalue weighted by Crippen LogP contribution is -2.30. The molecule has 0 amide bonds. The van der Waals surface area contributed by atoms with Gasteiger partial charge in [-0.05, 0) is 35.9 Å². The summed E-state index contributed by atoms with van der Waals surface area (Å²) in [5.41, 5.74) is 0.448. The van der Waals surface area contributed by atoms with Crippen LogP contribution < -0.4 is 10.9 Å². The second kappa shape index (κ2) is 11.3. The Kier molecular flexibility index (Phi) is 8.12. The molecule has 202 valence electrons. The fourth-order valence-corrected chi connectivity index (χ4v) is 4.85. The van der Waals surface area contributed by atoms with Crippen LogP contribution in [0.2, 0.25) is 4.34 Å². The molecule has 4 heterocycles. The third-order valence-electron chi connectivity index (χ3n) is 5.75. The number of ether oxygens (including phenoxy) is 1. The first-order valence-electron chi connectivity index (χ1n) is 11.9. The first-order valence-corrected chi connectivity index (χ1v) is 13.1. The molecule has 0 radical (unpaired) electrons. The number of esters is 1. The summed E-state index contributed by atoms with van der Waals surface area (Å²) < 4.78 is 7.61. The second-order valence-corrected chi connectivity index (χ2v) is 11.4. The average Bonchev–Trinajstić information content (AvgIpc) is 3.53. The lowest BCUT2D eigenvalue weighted by molar-refractivity contribution is -0.151. The molecule has 0 unspecified atom stereocenters. The van der Waals surface area contributed by atoms with Crippen molar-refractivity contribution in [3.8, 4) is 22.5 Å². The number of aromatic nitrogens is 4. The maximum absolute atomic E-state index is 13.4. The number of carbonyl (C=O) groups is 3. The van der Waals surface area contributed by atoms with Crippen LogP contribution in [0.1, 0.15) is 30.4 Å². The molecule has 0 aliphatic heterocycles. The minimum absolute atomic E-state index is 0.251. The standard InChI is InChI=1S/C27H26ClN5O5S/c1-27(2,3)26(37)33-22(30-14-17-5-7-21(28)39-17)13-19(31-33)24-18(16-9-11-29-12-10-16)6-8-23(35)32(24)15-20(34)25(36)38-4/h5-13,30H,14-15H2,1-4H3. The highest BCUT2D eigenvalue weighted by Crippen LogP contribution is 2.33. The first-order chi connectivity index (χ1) is 18.5. The highest BCUT2D eigenvalue weighted by Gasteiger charge is 2.29. The van der Waals surface area contributed by atoms with Crippen LogP contribution in [-0.2, 0) is 27.4 Å². The number of rotatable bonds is 8. The molecule has 39 heavy (non-hydrogen) atoms. The molecule has 0 bridgehead atoms. The van der Waals surface area contributed by atoms with E-state index in [1.165, 1.54) is 22.1 Å². The third-order valence-corrected chi connectivity index (χ3v) is 6.98. The van der Waals surface area contributed by atoms with Gasteiger partial charge in [0.05, 0.1) is 30.2 Å². The molecule has 4 rings (SSSR count). The number of nitrogens with one attached hydrogen (secondary N) is 1. The van der Waals surface area contributed by atoms with Crippen LogP contribution in [0.25, 0.3) is 22.5 Å². The summed E-state index contributed by atoms with van der Waals surface area (Å²) in [4.78, 5) is 55.9. The van der Waals surface area contributed by atoms with E-state index in [-0.39, 0.29) is 17.3 Å². The van der Waals surface area contributed by atoms with E-state index < -0.39 is 29.3 Å². The van der Waals surface area contributed by atoms with E-state index in [4.69, 9.17) is 11.6 Å². The van der Waals surface area contributed by atoms with Crippen molar-refractivity contribution in [2.45, 2.75) is 33.9 Å². The molecule has 0 fully saturated rings. The monoisotopic (exact) mass is 567 g/mol. The van der Waals surface area contributed by atoms with Crippen molar-refractivity contribution in [2.75, 3.05) is 12.4 Å². The fourth-order valence-electron chi connectivity index (χ4n) is 3.82. The van der Waals surface area contributed by atoms with Gasteiger partial charge in [-0.25, -0.2) is 4.79 Å². The molecule has 0 spiro atoms. The molecule has 4 aromatic rings. The number of pyridine rings is 2. The van der Waals surface area contributed by atoms with Gasteiger partial charge in [-0.2, -0.15) is 9.78 Å². The van der Waals surface area contributed by atoms with Gasteiger partial charge in [0.2, 0.25) is 0 Å². The van der Waals surface area contributed by atoms with Gasteiger partial charge in [-0.1, -0.05) is 32.4 Å². The summed E-state index contributed by atoms with van der Waals surface area (Å²) in [6.07, 6.45) is 3.18. The fraction of sp³-hybridized carbons (Fsp3) is 0.259. The number of carbonyl (C=O) groups excluding carboxylic acids is 3. The Balaban J connectivity index is 1.92. The van der Waals surface area contributed by atoms with E-state index in [1.54, 1.807) is 63.5 Å². The summed E-state index contributed by atoms with van der Waals surface area (Å²) in [6, 6.07) is 11.7. The number of nitrogens with zero attached hydrogens (tertiary/aromatic N) is 4. The van der Waals surface area contributed by atoms with Crippen LogP contribution in [0.3, 0.4) is 0 Å². The minimum Gasteiger partial charge on any atom is -0.463 e. The van der Waals surface area contributed by atoms with Crippen molar-refractivity contribution in [3.63, 3.8) is 0 Å². The van der Waals surface area contributed by atoms with Crippen molar-refractivity contribution in [3.05, 3.63) is 74.4 Å². The smallest absolute Gasteiger partial charge is 0.376 e. The van der Waals surface area contributed by atoms with E-state index >= 15 is 0 Å². The van der Waals surface area contributed by atoms with Gasteiger partial charge >= 0.3 is 5.97 Å². The van der Waals surface area contributed by atoms with Gasteiger partial charge in [-0.3, -0.25) is 23.9 Å². The van der Waals surface area contributed by atoms with E-state index in [1.807, 2.05) is 6.07 Å². The van der Waals surface area contributed by atoms with Crippen molar-refractivity contribution in [1.29, 1.82) is 0 Å². The van der Waals surface area contributed by atoms with Gasteiger partial charge in [0, 0.05) is 40.4 Å².